The van der Waals surface area contributed by atoms with Crippen molar-refractivity contribution >= 4 is 61.1 Å². The second kappa shape index (κ2) is 13.7. The van der Waals surface area contributed by atoms with Crippen molar-refractivity contribution in [1.82, 2.24) is 0 Å². The molecule has 1 aliphatic carbocycles. The Hall–Kier alpha value is 1.08. The monoisotopic (exact) mass is 265 g/mol. The first-order chi connectivity index (χ1) is 4.91. The Kier molecular flexibility index (Phi) is 18.1. The van der Waals surface area contributed by atoms with Gasteiger partial charge in [-0.1, -0.05) is 24.3 Å². The molecule has 0 spiro atoms. The van der Waals surface area contributed by atoms with E-state index in [1.165, 1.54) is 0 Å². The van der Waals surface area contributed by atoms with E-state index in [9.17, 15) is 9.59 Å². The molecular weight excluding hydrogens is 256 g/mol. The van der Waals surface area contributed by atoms with Gasteiger partial charge < -0.3 is 0 Å². The van der Waals surface area contributed by atoms with Crippen LogP contribution in [-0.2, 0) is 26.7 Å². The predicted octanol–water partition coefficient (Wildman–Crippen LogP) is 0.117. The van der Waals surface area contributed by atoms with Crippen molar-refractivity contribution in [1.29, 1.82) is 0 Å². The van der Waals surface area contributed by atoms with E-state index in [0.717, 1.165) is 0 Å². The summed E-state index contributed by atoms with van der Waals surface area (Å²) in [7, 11) is 0. The molecule has 2 nitrogen and oxygen atoms in total. The Morgan fingerprint density at radius 2 is 1.36 bits per heavy atom. The van der Waals surface area contributed by atoms with Crippen molar-refractivity contribution in [2.45, 2.75) is 0 Å². The molecule has 57 valence electrons. The van der Waals surface area contributed by atoms with Crippen LogP contribution in [-0.4, -0.2) is 61.1 Å². The van der Waals surface area contributed by atoms with Gasteiger partial charge in [-0.2, -0.15) is 0 Å². The summed E-state index contributed by atoms with van der Waals surface area (Å²) in [6.45, 7) is 0. The van der Waals surface area contributed by atoms with Gasteiger partial charge in [0.15, 0.2) is 0 Å². The molecule has 0 aromatic heterocycles. The summed E-state index contributed by atoms with van der Waals surface area (Å²) in [5, 5.41) is 0. The van der Waals surface area contributed by atoms with E-state index in [-0.39, 0.29) is 51.4 Å². The van der Waals surface area contributed by atoms with Gasteiger partial charge in [0.2, 0.25) is 0 Å². The Labute approximate surface area is 117 Å². The van der Waals surface area contributed by atoms with E-state index in [2.05, 4.69) is 0 Å². The second-order valence-corrected chi connectivity index (χ2v) is 2.65. The standard InChI is InChI=1S/C5H5.2CHO.K.Ru.H/c1-2-4-5-3-1;2*1-2;;;/h1-5H;2*1H;;;. The number of allylic oxidation sites excluding steroid dienone is 4. The van der Waals surface area contributed by atoms with Crippen molar-refractivity contribution in [3.05, 3.63) is 30.7 Å². The molecule has 0 N–H and O–H groups in total. The molecule has 1 rings (SSSR count). The van der Waals surface area contributed by atoms with E-state index in [1.54, 1.807) is 0 Å². The fourth-order valence-electron chi connectivity index (χ4n) is 0.340. The van der Waals surface area contributed by atoms with Crippen LogP contribution in [0, 0.1) is 6.42 Å². The van der Waals surface area contributed by atoms with Crippen LogP contribution < -0.4 is 0 Å². The normalized spacial score (nSPS) is 11.3. The van der Waals surface area contributed by atoms with Gasteiger partial charge in [-0.05, 0) is 0 Å². The predicted molar refractivity (Wildman–Crippen MR) is 43.2 cm³/mol. The molecule has 1 radical (unpaired) electrons. The van der Waals surface area contributed by atoms with Crippen LogP contribution >= 0.6 is 0 Å². The Morgan fingerprint density at radius 3 is 1.45 bits per heavy atom. The van der Waals surface area contributed by atoms with E-state index >= 15 is 0 Å². The third-order valence-electron chi connectivity index (χ3n) is 0.652. The summed E-state index contributed by atoms with van der Waals surface area (Å²) in [6, 6.07) is 0. The van der Waals surface area contributed by atoms with E-state index < -0.39 is 17.1 Å². The fourth-order valence-corrected chi connectivity index (χ4v) is 0.437. The molecule has 1 aliphatic rings. The summed E-state index contributed by atoms with van der Waals surface area (Å²) in [6.07, 6.45) is 10.0. The Morgan fingerprint density at radius 1 is 0.909 bits per heavy atom. The van der Waals surface area contributed by atoms with Gasteiger partial charge in [-0.15, -0.1) is 0 Å². The summed E-state index contributed by atoms with van der Waals surface area (Å²) in [5.74, 6) is 0. The van der Waals surface area contributed by atoms with E-state index in [0.29, 0.717) is 9.76 Å². The van der Waals surface area contributed by atoms with Crippen molar-refractivity contribution in [3.8, 4) is 0 Å². The molecule has 0 saturated carbocycles. The van der Waals surface area contributed by atoms with Crippen LogP contribution in [0.15, 0.2) is 24.3 Å². The molecule has 11 heavy (non-hydrogen) atoms. The molecule has 0 amide bonds. The molecule has 0 aliphatic heterocycles. The zero-order valence-electron chi connectivity index (χ0n) is 5.21. The molecule has 0 atom stereocenters. The summed E-state index contributed by atoms with van der Waals surface area (Å²) in [5.41, 5.74) is 0. The zero-order valence-corrected chi connectivity index (χ0v) is 6.95. The molecular formula is C7H8KO2Ru. The first-order valence-corrected chi connectivity index (χ1v) is 4.55. The van der Waals surface area contributed by atoms with Gasteiger partial charge in [0, 0.05) is 6.42 Å². The van der Waals surface area contributed by atoms with Crippen LogP contribution in [0.4, 0.5) is 0 Å². The first-order valence-electron chi connectivity index (χ1n) is 2.55. The fraction of sp³-hybridized carbons (Fsp3) is 0. The van der Waals surface area contributed by atoms with Crippen LogP contribution in [0.5, 0.6) is 0 Å². The molecule has 0 aromatic rings. The minimum atomic E-state index is -0.592. The van der Waals surface area contributed by atoms with Crippen molar-refractivity contribution in [2.75, 3.05) is 0 Å². The summed E-state index contributed by atoms with van der Waals surface area (Å²) < 4.78 is 0. The maximum atomic E-state index is 9.21. The minimum absolute atomic E-state index is 0. The second-order valence-electron chi connectivity index (χ2n) is 1.25. The number of hydrogen-bond donors (Lipinski definition) is 0. The summed E-state index contributed by atoms with van der Waals surface area (Å²) >= 11 is -0.592. The van der Waals surface area contributed by atoms with Crippen molar-refractivity contribution in [2.24, 2.45) is 0 Å². The van der Waals surface area contributed by atoms with Gasteiger partial charge in [0.25, 0.3) is 0 Å². The molecule has 0 saturated heterocycles. The Balaban J connectivity index is 0. The number of carbonyl (C=O) groups excluding carboxylic acids is 2. The molecule has 0 heterocycles. The van der Waals surface area contributed by atoms with Crippen molar-refractivity contribution < 1.29 is 26.7 Å². The number of rotatable bonds is 2. The SMILES string of the molecule is O=[CH][Ru][CH]=O.[CH]1C=CC=C1.[KH]. The molecule has 0 aromatic carbocycles. The topological polar surface area (TPSA) is 34.1 Å². The first kappa shape index (κ1) is 14.6. The van der Waals surface area contributed by atoms with Crippen LogP contribution in [0.3, 0.4) is 0 Å². The van der Waals surface area contributed by atoms with E-state index in [1.807, 2.05) is 30.7 Å². The Bertz CT molecular complexity index is 139. The number of hydrogen-bond acceptors (Lipinski definition) is 2. The van der Waals surface area contributed by atoms with Gasteiger partial charge in [0.05, 0.1) is 0 Å². The summed E-state index contributed by atoms with van der Waals surface area (Å²) in [4.78, 5) is 19.7. The third-order valence-corrected chi connectivity index (χ3v) is 1.12. The van der Waals surface area contributed by atoms with Crippen molar-refractivity contribution in [3.63, 3.8) is 0 Å². The zero-order chi connectivity index (χ0) is 7.66. The van der Waals surface area contributed by atoms with Gasteiger partial charge in [-0.25, -0.2) is 0 Å². The number of carbonyl (C=O) groups is 2. The van der Waals surface area contributed by atoms with Gasteiger partial charge in [-0.3, -0.25) is 0 Å². The molecule has 0 bridgehead atoms. The quantitative estimate of drug-likeness (QED) is 0.524. The average Bonchev–Trinajstić information content (AvgIpc) is 2.44. The average molecular weight is 264 g/mol. The van der Waals surface area contributed by atoms with Crippen LogP contribution in [0.25, 0.3) is 0 Å². The van der Waals surface area contributed by atoms with Crippen LogP contribution in [0.1, 0.15) is 0 Å². The molecule has 4 heteroatoms. The van der Waals surface area contributed by atoms with Crippen LogP contribution in [0.2, 0.25) is 0 Å². The molecule has 0 fully saturated rings. The van der Waals surface area contributed by atoms with Gasteiger partial charge >= 0.3 is 87.9 Å². The molecule has 0 unspecified atom stereocenters. The maximum absolute atomic E-state index is 9.21. The third kappa shape index (κ3) is 14.0. The van der Waals surface area contributed by atoms with E-state index in [4.69, 9.17) is 0 Å². The van der Waals surface area contributed by atoms with Gasteiger partial charge in [0.1, 0.15) is 0 Å².